The molecule has 5 N–H and O–H groups in total. The number of nitrogens with one attached hydrogen (secondary N) is 3. The lowest BCUT2D eigenvalue weighted by Crippen LogP contribution is -2.36. The van der Waals surface area contributed by atoms with Gasteiger partial charge in [0.2, 0.25) is 11.9 Å². The van der Waals surface area contributed by atoms with E-state index in [9.17, 15) is 14.0 Å². The molecule has 0 bridgehead atoms. The fourth-order valence-corrected chi connectivity index (χ4v) is 3.51. The van der Waals surface area contributed by atoms with Crippen LogP contribution in [-0.2, 0) is 9.53 Å². The Hall–Kier alpha value is -4.25. The molecule has 10 nitrogen and oxygen atoms in total. The molecule has 3 aromatic rings. The van der Waals surface area contributed by atoms with Gasteiger partial charge < -0.3 is 31.3 Å². The molecule has 1 saturated heterocycles. The number of rotatable bonds is 7. The van der Waals surface area contributed by atoms with Crippen LogP contribution in [0.25, 0.3) is 0 Å². The number of ether oxygens (including phenoxy) is 1. The highest BCUT2D eigenvalue weighted by atomic mass is 19.1. The van der Waals surface area contributed by atoms with Crippen LogP contribution in [0.4, 0.5) is 38.9 Å². The zero-order valence-corrected chi connectivity index (χ0v) is 18.5. The van der Waals surface area contributed by atoms with E-state index in [0.717, 1.165) is 0 Å². The Morgan fingerprint density at radius 2 is 1.79 bits per heavy atom. The highest BCUT2D eigenvalue weighted by molar-refractivity contribution is 5.98. The number of anilines is 6. The predicted molar refractivity (Wildman–Crippen MR) is 127 cm³/mol. The van der Waals surface area contributed by atoms with Gasteiger partial charge in [-0.25, -0.2) is 9.37 Å². The van der Waals surface area contributed by atoms with Gasteiger partial charge in [0.25, 0.3) is 5.91 Å². The first-order valence-corrected chi connectivity index (χ1v) is 10.6. The largest absolute Gasteiger partial charge is 0.378 e. The first-order valence-electron chi connectivity index (χ1n) is 10.6. The molecule has 0 saturated carbocycles. The molecule has 1 aromatic heterocycles. The first kappa shape index (κ1) is 22.9. The maximum absolute atomic E-state index is 14.8. The van der Waals surface area contributed by atoms with Crippen LogP contribution < -0.4 is 26.6 Å². The van der Waals surface area contributed by atoms with E-state index in [1.165, 1.54) is 19.2 Å². The molecular weight excluding hydrogens is 441 g/mol. The van der Waals surface area contributed by atoms with Gasteiger partial charge in [-0.2, -0.15) is 4.98 Å². The Labute approximate surface area is 195 Å². The molecule has 1 aliphatic heterocycles. The molecule has 0 radical (unpaired) electrons. The molecule has 176 valence electrons. The molecule has 4 rings (SSSR count). The van der Waals surface area contributed by atoms with Gasteiger partial charge in [-0.3, -0.25) is 9.59 Å². The van der Waals surface area contributed by atoms with Crippen molar-refractivity contribution in [2.75, 3.05) is 47.2 Å². The number of hydrogen-bond donors (Lipinski definition) is 4. The van der Waals surface area contributed by atoms with E-state index in [0.29, 0.717) is 49.1 Å². The van der Waals surface area contributed by atoms with Gasteiger partial charge in [0.1, 0.15) is 17.2 Å². The van der Waals surface area contributed by atoms with Gasteiger partial charge >= 0.3 is 0 Å². The third-order valence-corrected chi connectivity index (χ3v) is 5.06. The second-order valence-electron chi connectivity index (χ2n) is 7.60. The lowest BCUT2D eigenvalue weighted by molar-refractivity contribution is -0.114. The number of halogens is 1. The number of aromatic nitrogens is 2. The predicted octanol–water partition coefficient (Wildman–Crippen LogP) is 3.00. The van der Waals surface area contributed by atoms with E-state index in [1.54, 1.807) is 36.4 Å². The molecule has 0 atom stereocenters. The van der Waals surface area contributed by atoms with E-state index in [1.807, 2.05) is 4.90 Å². The topological polar surface area (TPSA) is 134 Å². The summed E-state index contributed by atoms with van der Waals surface area (Å²) < 4.78 is 20.1. The molecular formula is C23H24FN7O3. The van der Waals surface area contributed by atoms with Crippen molar-refractivity contribution in [3.05, 3.63) is 60.0 Å². The maximum atomic E-state index is 14.8. The van der Waals surface area contributed by atoms with E-state index < -0.39 is 11.7 Å². The first-order chi connectivity index (χ1) is 16.4. The Bertz CT molecular complexity index is 1210. The SMILES string of the molecule is CC(=O)Nc1cccc(Nc2ncc(C(N)=O)c(Nc3ccc(N4CCOCC4)c(F)c3)n2)c1. The number of primary amides is 1. The lowest BCUT2D eigenvalue weighted by atomic mass is 10.2. The summed E-state index contributed by atoms with van der Waals surface area (Å²) in [4.78, 5) is 33.6. The van der Waals surface area contributed by atoms with Gasteiger partial charge in [0, 0.05) is 43.3 Å². The molecule has 1 fully saturated rings. The van der Waals surface area contributed by atoms with Crippen LogP contribution in [0.3, 0.4) is 0 Å². The summed E-state index contributed by atoms with van der Waals surface area (Å²) in [6.45, 7) is 3.73. The molecule has 0 unspecified atom stereocenters. The fraction of sp³-hybridized carbons (Fsp3) is 0.217. The summed E-state index contributed by atoms with van der Waals surface area (Å²) in [5.41, 5.74) is 7.62. The van der Waals surface area contributed by atoms with Crippen molar-refractivity contribution in [2.45, 2.75) is 6.92 Å². The summed E-state index contributed by atoms with van der Waals surface area (Å²) in [7, 11) is 0. The maximum Gasteiger partial charge on any atom is 0.254 e. The Morgan fingerprint density at radius 1 is 1.06 bits per heavy atom. The van der Waals surface area contributed by atoms with Gasteiger partial charge in [-0.05, 0) is 36.4 Å². The summed E-state index contributed by atoms with van der Waals surface area (Å²) in [6.07, 6.45) is 1.29. The quantitative estimate of drug-likeness (QED) is 0.418. The summed E-state index contributed by atoms with van der Waals surface area (Å²) in [5, 5.41) is 8.66. The molecule has 2 amide bonds. The summed E-state index contributed by atoms with van der Waals surface area (Å²) in [6, 6.07) is 11.7. The molecule has 0 spiro atoms. The van der Waals surface area contributed by atoms with E-state index >= 15 is 0 Å². The van der Waals surface area contributed by atoms with Crippen molar-refractivity contribution < 1.29 is 18.7 Å². The summed E-state index contributed by atoms with van der Waals surface area (Å²) in [5.74, 6) is -1.03. The Kier molecular flexibility index (Phi) is 6.83. The van der Waals surface area contributed by atoms with E-state index in [4.69, 9.17) is 10.5 Å². The minimum absolute atomic E-state index is 0.0511. The number of nitrogens with zero attached hydrogens (tertiary/aromatic N) is 3. The van der Waals surface area contributed by atoms with Crippen LogP contribution in [0.1, 0.15) is 17.3 Å². The smallest absolute Gasteiger partial charge is 0.254 e. The van der Waals surface area contributed by atoms with Crippen molar-refractivity contribution in [1.82, 2.24) is 9.97 Å². The zero-order valence-electron chi connectivity index (χ0n) is 18.5. The highest BCUT2D eigenvalue weighted by Crippen LogP contribution is 2.27. The lowest BCUT2D eigenvalue weighted by Gasteiger charge is -2.29. The Balaban J connectivity index is 1.56. The van der Waals surface area contributed by atoms with Crippen molar-refractivity contribution in [3.63, 3.8) is 0 Å². The van der Waals surface area contributed by atoms with Crippen LogP contribution >= 0.6 is 0 Å². The molecule has 34 heavy (non-hydrogen) atoms. The number of benzene rings is 2. The van der Waals surface area contributed by atoms with Crippen LogP contribution in [0.5, 0.6) is 0 Å². The zero-order chi connectivity index (χ0) is 24.1. The fourth-order valence-electron chi connectivity index (χ4n) is 3.51. The average Bonchev–Trinajstić information content (AvgIpc) is 2.79. The highest BCUT2D eigenvalue weighted by Gasteiger charge is 2.17. The second-order valence-corrected chi connectivity index (χ2v) is 7.60. The third-order valence-electron chi connectivity index (χ3n) is 5.06. The number of carbonyl (C=O) groups excluding carboxylic acids is 2. The van der Waals surface area contributed by atoms with Crippen LogP contribution in [0.2, 0.25) is 0 Å². The van der Waals surface area contributed by atoms with Gasteiger partial charge in [-0.15, -0.1) is 0 Å². The molecule has 0 aliphatic carbocycles. The van der Waals surface area contributed by atoms with Crippen LogP contribution in [0, 0.1) is 5.82 Å². The van der Waals surface area contributed by atoms with Crippen LogP contribution in [0.15, 0.2) is 48.7 Å². The van der Waals surface area contributed by atoms with Gasteiger partial charge in [-0.1, -0.05) is 6.07 Å². The van der Waals surface area contributed by atoms with E-state index in [-0.39, 0.29) is 23.2 Å². The third kappa shape index (κ3) is 5.56. The summed E-state index contributed by atoms with van der Waals surface area (Å²) >= 11 is 0. The standard InChI is InChI=1S/C23H24FN7O3/c1-14(32)27-15-3-2-4-16(11-15)29-23-26-13-18(21(25)33)22(30-23)28-17-5-6-20(19(24)12-17)31-7-9-34-10-8-31/h2-6,11-13H,7-10H2,1H3,(H2,25,33)(H,27,32)(H2,26,28,29,30). The van der Waals surface area contributed by atoms with Crippen molar-refractivity contribution in [1.29, 1.82) is 0 Å². The number of hydrogen-bond acceptors (Lipinski definition) is 8. The molecule has 2 heterocycles. The number of nitrogens with two attached hydrogens (primary N) is 1. The number of amides is 2. The normalized spacial score (nSPS) is 13.3. The number of carbonyl (C=O) groups is 2. The van der Waals surface area contributed by atoms with Crippen molar-refractivity contribution >= 4 is 46.3 Å². The van der Waals surface area contributed by atoms with E-state index in [2.05, 4.69) is 25.9 Å². The van der Waals surface area contributed by atoms with Crippen molar-refractivity contribution in [3.8, 4) is 0 Å². The Morgan fingerprint density at radius 3 is 2.50 bits per heavy atom. The minimum atomic E-state index is -0.730. The number of morpholine rings is 1. The molecule has 1 aliphatic rings. The van der Waals surface area contributed by atoms with Gasteiger partial charge in [0.15, 0.2) is 0 Å². The van der Waals surface area contributed by atoms with Crippen LogP contribution in [-0.4, -0.2) is 48.1 Å². The monoisotopic (exact) mass is 465 g/mol. The minimum Gasteiger partial charge on any atom is -0.378 e. The van der Waals surface area contributed by atoms with Gasteiger partial charge in [0.05, 0.1) is 18.9 Å². The molecule has 2 aromatic carbocycles. The average molecular weight is 465 g/mol. The second kappa shape index (κ2) is 10.1. The molecule has 11 heteroatoms. The van der Waals surface area contributed by atoms with Crippen molar-refractivity contribution in [2.24, 2.45) is 5.73 Å².